The molecule has 18 heavy (non-hydrogen) atoms. The van der Waals surface area contributed by atoms with Gasteiger partial charge in [0.1, 0.15) is 12.4 Å². The molecule has 0 aliphatic heterocycles. The van der Waals surface area contributed by atoms with E-state index in [1.54, 1.807) is 6.07 Å². The summed E-state index contributed by atoms with van der Waals surface area (Å²) < 4.78 is 15.1. The van der Waals surface area contributed by atoms with Crippen molar-refractivity contribution < 1.29 is 9.50 Å². The van der Waals surface area contributed by atoms with E-state index in [4.69, 9.17) is 0 Å². The van der Waals surface area contributed by atoms with E-state index in [0.29, 0.717) is 11.9 Å². The highest BCUT2D eigenvalue weighted by Gasteiger charge is 2.29. The van der Waals surface area contributed by atoms with Crippen molar-refractivity contribution in [2.45, 2.75) is 32.4 Å². The fraction of sp³-hybridized carbons (Fsp3) is 0.385. The van der Waals surface area contributed by atoms with Gasteiger partial charge in [-0.15, -0.1) is 10.2 Å². The first-order chi connectivity index (χ1) is 8.70. The maximum Gasteiger partial charge on any atom is 0.164 e. The number of aromatic nitrogens is 3. The Kier molecular flexibility index (Phi) is 2.63. The lowest BCUT2D eigenvalue weighted by atomic mass is 10.1. The van der Waals surface area contributed by atoms with Gasteiger partial charge in [0.2, 0.25) is 0 Å². The molecule has 1 N–H and O–H groups in total. The first-order valence-electron chi connectivity index (χ1n) is 6.02. The van der Waals surface area contributed by atoms with Crippen molar-refractivity contribution in [3.05, 3.63) is 35.4 Å². The van der Waals surface area contributed by atoms with Crippen LogP contribution >= 0.6 is 0 Å². The number of nitrogens with zero attached hydrogens (tertiary/aromatic N) is 3. The zero-order chi connectivity index (χ0) is 12.7. The first kappa shape index (κ1) is 11.3. The molecular formula is C13H14FN3O. The summed E-state index contributed by atoms with van der Waals surface area (Å²) in [5, 5.41) is 17.4. The second kappa shape index (κ2) is 4.17. The van der Waals surface area contributed by atoms with Crippen LogP contribution in [0.4, 0.5) is 4.39 Å². The molecule has 0 bridgehead atoms. The molecule has 1 aromatic heterocycles. The van der Waals surface area contributed by atoms with Crippen molar-refractivity contribution in [1.82, 2.24) is 14.8 Å². The van der Waals surface area contributed by atoms with E-state index in [-0.39, 0.29) is 12.4 Å². The Morgan fingerprint density at radius 1 is 1.39 bits per heavy atom. The van der Waals surface area contributed by atoms with Crippen molar-refractivity contribution in [3.8, 4) is 11.4 Å². The number of hydrogen-bond acceptors (Lipinski definition) is 3. The molecule has 0 atom stereocenters. The van der Waals surface area contributed by atoms with Crippen molar-refractivity contribution in [1.29, 1.82) is 0 Å². The quantitative estimate of drug-likeness (QED) is 0.904. The van der Waals surface area contributed by atoms with Gasteiger partial charge in [-0.25, -0.2) is 4.39 Å². The van der Waals surface area contributed by atoms with Gasteiger partial charge in [-0.05, 0) is 43.5 Å². The van der Waals surface area contributed by atoms with Crippen LogP contribution < -0.4 is 0 Å². The highest BCUT2D eigenvalue weighted by molar-refractivity contribution is 5.60. The van der Waals surface area contributed by atoms with E-state index in [1.807, 2.05) is 11.5 Å². The molecule has 1 saturated carbocycles. The Bertz CT molecular complexity index is 590. The van der Waals surface area contributed by atoms with Gasteiger partial charge >= 0.3 is 0 Å². The van der Waals surface area contributed by atoms with E-state index in [9.17, 15) is 9.50 Å². The molecule has 0 spiro atoms. The Hall–Kier alpha value is -1.75. The summed E-state index contributed by atoms with van der Waals surface area (Å²) in [7, 11) is 0. The molecule has 3 rings (SSSR count). The Morgan fingerprint density at radius 3 is 2.78 bits per heavy atom. The maximum absolute atomic E-state index is 13.1. The molecule has 1 aliphatic carbocycles. The van der Waals surface area contributed by atoms with Crippen LogP contribution in [0, 0.1) is 12.7 Å². The van der Waals surface area contributed by atoms with Gasteiger partial charge in [-0.2, -0.15) is 0 Å². The summed E-state index contributed by atoms with van der Waals surface area (Å²) >= 11 is 0. The van der Waals surface area contributed by atoms with E-state index in [0.717, 1.165) is 29.8 Å². The van der Waals surface area contributed by atoms with Crippen molar-refractivity contribution >= 4 is 0 Å². The first-order valence-corrected chi connectivity index (χ1v) is 6.02. The van der Waals surface area contributed by atoms with Crippen molar-refractivity contribution in [3.63, 3.8) is 0 Å². The third-order valence-corrected chi connectivity index (χ3v) is 3.25. The predicted molar refractivity (Wildman–Crippen MR) is 64.3 cm³/mol. The highest BCUT2D eigenvalue weighted by Crippen LogP contribution is 2.39. The predicted octanol–water partition coefficient (Wildman–Crippen LogP) is 2.22. The fourth-order valence-corrected chi connectivity index (χ4v) is 2.21. The molecule has 2 aromatic rings. The summed E-state index contributed by atoms with van der Waals surface area (Å²) in [6.45, 7) is 1.73. The minimum absolute atomic E-state index is 0.121. The summed E-state index contributed by atoms with van der Waals surface area (Å²) in [5.41, 5.74) is 1.70. The smallest absolute Gasteiger partial charge is 0.164 e. The van der Waals surface area contributed by atoms with Crippen LogP contribution in [0.15, 0.2) is 18.2 Å². The second-order valence-electron chi connectivity index (χ2n) is 4.66. The monoisotopic (exact) mass is 247 g/mol. The number of aryl methyl sites for hydroxylation is 1. The molecular weight excluding hydrogens is 233 g/mol. The molecule has 4 nitrogen and oxygen atoms in total. The van der Waals surface area contributed by atoms with Gasteiger partial charge in [-0.1, -0.05) is 0 Å². The highest BCUT2D eigenvalue weighted by atomic mass is 19.1. The van der Waals surface area contributed by atoms with Crippen LogP contribution in [0.2, 0.25) is 0 Å². The lowest BCUT2D eigenvalue weighted by Crippen LogP contribution is -2.04. The molecule has 1 aliphatic rings. The van der Waals surface area contributed by atoms with Gasteiger partial charge in [0, 0.05) is 11.6 Å². The minimum atomic E-state index is -0.254. The lowest BCUT2D eigenvalue weighted by Gasteiger charge is -2.09. The summed E-state index contributed by atoms with van der Waals surface area (Å²) in [5.74, 6) is 1.05. The molecule has 0 amide bonds. The molecule has 1 fully saturated rings. The van der Waals surface area contributed by atoms with Crippen LogP contribution in [-0.4, -0.2) is 19.9 Å². The SMILES string of the molecule is Cc1cc(F)ccc1-c1nnc(CO)n1C1CC1. The average molecular weight is 247 g/mol. The van der Waals surface area contributed by atoms with Crippen molar-refractivity contribution in [2.24, 2.45) is 0 Å². The molecule has 1 heterocycles. The second-order valence-corrected chi connectivity index (χ2v) is 4.66. The molecule has 0 radical (unpaired) electrons. The zero-order valence-electron chi connectivity index (χ0n) is 10.1. The van der Waals surface area contributed by atoms with Gasteiger partial charge in [0.15, 0.2) is 11.6 Å². The van der Waals surface area contributed by atoms with Gasteiger partial charge < -0.3 is 9.67 Å². The molecule has 1 aromatic carbocycles. The van der Waals surface area contributed by atoms with E-state index in [2.05, 4.69) is 10.2 Å². The number of benzene rings is 1. The summed E-state index contributed by atoms with van der Waals surface area (Å²) in [6, 6.07) is 5.00. The Balaban J connectivity index is 2.13. The summed E-state index contributed by atoms with van der Waals surface area (Å²) in [4.78, 5) is 0. The summed E-state index contributed by atoms with van der Waals surface area (Å²) in [6.07, 6.45) is 2.16. The van der Waals surface area contributed by atoms with E-state index >= 15 is 0 Å². The topological polar surface area (TPSA) is 50.9 Å². The van der Waals surface area contributed by atoms with Crippen LogP contribution in [0.1, 0.15) is 30.3 Å². The maximum atomic E-state index is 13.1. The zero-order valence-corrected chi connectivity index (χ0v) is 10.1. The molecule has 5 heteroatoms. The van der Waals surface area contributed by atoms with Crippen LogP contribution in [0.5, 0.6) is 0 Å². The standard InChI is InChI=1S/C13H14FN3O/c1-8-6-9(14)2-5-11(8)13-16-15-12(7-18)17(13)10-3-4-10/h2,5-6,10,18H,3-4,7H2,1H3. The number of aliphatic hydroxyl groups excluding tert-OH is 1. The average Bonchev–Trinajstić information content (AvgIpc) is 3.09. The van der Waals surface area contributed by atoms with E-state index in [1.165, 1.54) is 12.1 Å². The minimum Gasteiger partial charge on any atom is -0.388 e. The van der Waals surface area contributed by atoms with Crippen molar-refractivity contribution in [2.75, 3.05) is 0 Å². The largest absolute Gasteiger partial charge is 0.388 e. The van der Waals surface area contributed by atoms with Crippen LogP contribution in [0.3, 0.4) is 0 Å². The van der Waals surface area contributed by atoms with Crippen LogP contribution in [-0.2, 0) is 6.61 Å². The third-order valence-electron chi connectivity index (χ3n) is 3.25. The Morgan fingerprint density at radius 2 is 2.17 bits per heavy atom. The lowest BCUT2D eigenvalue weighted by molar-refractivity contribution is 0.265. The third kappa shape index (κ3) is 1.80. The van der Waals surface area contributed by atoms with Gasteiger partial charge in [-0.3, -0.25) is 0 Å². The van der Waals surface area contributed by atoms with Gasteiger partial charge in [0.05, 0.1) is 0 Å². The fourth-order valence-electron chi connectivity index (χ4n) is 2.21. The normalized spacial score (nSPS) is 15.1. The van der Waals surface area contributed by atoms with Gasteiger partial charge in [0.25, 0.3) is 0 Å². The number of halogens is 1. The number of hydrogen-bond donors (Lipinski definition) is 1. The Labute approximate surface area is 104 Å². The number of aliphatic hydroxyl groups is 1. The molecule has 0 saturated heterocycles. The molecule has 0 unspecified atom stereocenters. The molecule has 94 valence electrons. The number of rotatable bonds is 3. The van der Waals surface area contributed by atoms with E-state index < -0.39 is 0 Å². The van der Waals surface area contributed by atoms with Crippen LogP contribution in [0.25, 0.3) is 11.4 Å².